The number of carboxylic acid groups (broad SMARTS) is 1. The van der Waals surface area contributed by atoms with E-state index in [4.69, 9.17) is 9.84 Å². The predicted octanol–water partition coefficient (Wildman–Crippen LogP) is 1.37. The van der Waals surface area contributed by atoms with Crippen LogP contribution >= 0.6 is 0 Å². The number of carbonyl (C=O) groups is 2. The minimum atomic E-state index is -3.23. The van der Waals surface area contributed by atoms with E-state index in [0.717, 1.165) is 12.7 Å². The summed E-state index contributed by atoms with van der Waals surface area (Å²) in [7, 11) is -3.23. The van der Waals surface area contributed by atoms with Gasteiger partial charge < -0.3 is 15.2 Å². The molecule has 0 atom stereocenters. The molecular formula is C16H21NO6S. The summed E-state index contributed by atoms with van der Waals surface area (Å²) in [4.78, 5) is 23.2. The lowest BCUT2D eigenvalue weighted by atomic mass is 9.76. The molecule has 7 nitrogen and oxygen atoms in total. The Kier molecular flexibility index (Phi) is 5.48. The molecule has 1 aromatic rings. The van der Waals surface area contributed by atoms with Crippen molar-refractivity contribution < 1.29 is 27.9 Å². The topological polar surface area (TPSA) is 110 Å². The molecule has 24 heavy (non-hydrogen) atoms. The molecule has 1 fully saturated rings. The average Bonchev–Trinajstić information content (AvgIpc) is 2.46. The number of carbonyl (C=O) groups excluding carboxylic acids is 1. The molecular weight excluding hydrogens is 334 g/mol. The van der Waals surface area contributed by atoms with E-state index in [9.17, 15) is 18.0 Å². The molecule has 0 unspecified atom stereocenters. The summed E-state index contributed by atoms with van der Waals surface area (Å²) >= 11 is 0. The highest BCUT2D eigenvalue weighted by molar-refractivity contribution is 7.90. The number of amides is 1. The molecule has 1 aromatic carbocycles. The minimum absolute atomic E-state index is 0.177. The molecule has 0 bridgehead atoms. The lowest BCUT2D eigenvalue weighted by molar-refractivity contribution is -0.151. The van der Waals surface area contributed by atoms with Crippen molar-refractivity contribution in [3.8, 4) is 5.75 Å². The lowest BCUT2D eigenvalue weighted by Gasteiger charge is -2.38. The van der Waals surface area contributed by atoms with Crippen LogP contribution in [0.4, 0.5) is 0 Å². The van der Waals surface area contributed by atoms with Gasteiger partial charge >= 0.3 is 5.97 Å². The Labute approximate surface area is 140 Å². The van der Waals surface area contributed by atoms with Crippen LogP contribution in [0, 0.1) is 0 Å². The maximum Gasteiger partial charge on any atom is 0.329 e. The van der Waals surface area contributed by atoms with Crippen molar-refractivity contribution in [3.05, 3.63) is 24.3 Å². The molecule has 132 valence electrons. The Hall–Kier alpha value is -2.09. The van der Waals surface area contributed by atoms with Gasteiger partial charge in [0, 0.05) is 12.7 Å². The molecule has 0 radical (unpaired) electrons. The van der Waals surface area contributed by atoms with Gasteiger partial charge in [-0.05, 0) is 49.9 Å². The van der Waals surface area contributed by atoms with Crippen LogP contribution in [0.25, 0.3) is 0 Å². The molecule has 0 aliphatic heterocycles. The summed E-state index contributed by atoms with van der Waals surface area (Å²) in [5.41, 5.74) is -1.08. The summed E-state index contributed by atoms with van der Waals surface area (Å²) < 4.78 is 28.1. The van der Waals surface area contributed by atoms with Crippen molar-refractivity contribution in [3.63, 3.8) is 0 Å². The molecule has 1 saturated carbocycles. The molecule has 0 heterocycles. The van der Waals surface area contributed by atoms with Gasteiger partial charge in [0.1, 0.15) is 11.3 Å². The second kappa shape index (κ2) is 7.21. The van der Waals surface area contributed by atoms with Crippen LogP contribution in [-0.2, 0) is 19.4 Å². The maximum atomic E-state index is 11.8. The maximum absolute atomic E-state index is 11.8. The number of sulfone groups is 1. The number of rotatable bonds is 8. The fourth-order valence-electron chi connectivity index (χ4n) is 2.46. The van der Waals surface area contributed by atoms with Crippen molar-refractivity contribution in [2.75, 3.05) is 12.9 Å². The van der Waals surface area contributed by atoms with Crippen LogP contribution in [-0.4, -0.2) is 43.8 Å². The fraction of sp³-hybridized carbons (Fsp3) is 0.500. The first-order valence-corrected chi connectivity index (χ1v) is 9.59. The van der Waals surface area contributed by atoms with E-state index < -0.39 is 21.3 Å². The van der Waals surface area contributed by atoms with Gasteiger partial charge in [-0.3, -0.25) is 4.79 Å². The normalized spacial score (nSPS) is 16.0. The van der Waals surface area contributed by atoms with E-state index in [1.54, 1.807) is 12.1 Å². The Morgan fingerprint density at radius 3 is 2.33 bits per heavy atom. The molecule has 1 amide bonds. The zero-order chi connectivity index (χ0) is 17.8. The zero-order valence-corrected chi connectivity index (χ0v) is 14.3. The van der Waals surface area contributed by atoms with Crippen LogP contribution in [0.3, 0.4) is 0 Å². The van der Waals surface area contributed by atoms with Crippen LogP contribution in [0.2, 0.25) is 0 Å². The highest BCUT2D eigenvalue weighted by Gasteiger charge is 2.45. The van der Waals surface area contributed by atoms with Crippen LogP contribution in [0.1, 0.15) is 32.1 Å². The van der Waals surface area contributed by atoms with Gasteiger partial charge in [0.2, 0.25) is 5.91 Å². The summed E-state index contributed by atoms with van der Waals surface area (Å²) in [5, 5.41) is 11.7. The van der Waals surface area contributed by atoms with E-state index in [1.165, 1.54) is 12.1 Å². The van der Waals surface area contributed by atoms with E-state index in [0.29, 0.717) is 25.0 Å². The van der Waals surface area contributed by atoms with E-state index >= 15 is 0 Å². The molecule has 0 saturated heterocycles. The lowest BCUT2D eigenvalue weighted by Crippen LogP contribution is -2.59. The van der Waals surface area contributed by atoms with Crippen molar-refractivity contribution in [2.45, 2.75) is 42.5 Å². The van der Waals surface area contributed by atoms with E-state index in [1.807, 2.05) is 0 Å². The van der Waals surface area contributed by atoms with E-state index in [-0.39, 0.29) is 23.8 Å². The monoisotopic (exact) mass is 355 g/mol. The predicted molar refractivity (Wildman–Crippen MR) is 86.6 cm³/mol. The third-order valence-corrected chi connectivity index (χ3v) is 5.19. The SMILES string of the molecule is CS(=O)(=O)c1ccc(OCCCC(=O)NC2(C(=O)O)CCC2)cc1. The Morgan fingerprint density at radius 1 is 1.25 bits per heavy atom. The Morgan fingerprint density at radius 2 is 1.88 bits per heavy atom. The smallest absolute Gasteiger partial charge is 0.329 e. The Bertz CT molecular complexity index is 707. The zero-order valence-electron chi connectivity index (χ0n) is 13.4. The summed E-state index contributed by atoms with van der Waals surface area (Å²) in [6.07, 6.45) is 3.49. The number of ether oxygens (including phenoxy) is 1. The quantitative estimate of drug-likeness (QED) is 0.682. The van der Waals surface area contributed by atoms with Gasteiger partial charge in [0.05, 0.1) is 11.5 Å². The average molecular weight is 355 g/mol. The molecule has 8 heteroatoms. The fourth-order valence-corrected chi connectivity index (χ4v) is 3.09. The highest BCUT2D eigenvalue weighted by Crippen LogP contribution is 2.32. The van der Waals surface area contributed by atoms with Gasteiger partial charge in [0.15, 0.2) is 9.84 Å². The molecule has 2 rings (SSSR count). The van der Waals surface area contributed by atoms with Gasteiger partial charge in [-0.25, -0.2) is 13.2 Å². The third-order valence-electron chi connectivity index (χ3n) is 4.06. The standard InChI is InChI=1S/C16H21NO6S/c1-24(21,22)13-7-5-12(6-8-13)23-11-2-4-14(18)17-16(15(19)20)9-3-10-16/h5-8H,2-4,9-11H2,1H3,(H,17,18)(H,19,20). The van der Waals surface area contributed by atoms with Gasteiger partial charge in [-0.15, -0.1) is 0 Å². The number of aliphatic carboxylic acids is 1. The third kappa shape index (κ3) is 4.47. The first kappa shape index (κ1) is 18.3. The highest BCUT2D eigenvalue weighted by atomic mass is 32.2. The number of hydrogen-bond acceptors (Lipinski definition) is 5. The summed E-state index contributed by atoms with van der Waals surface area (Å²) in [5.74, 6) is -0.763. The Balaban J connectivity index is 1.73. The second-order valence-electron chi connectivity index (χ2n) is 5.98. The van der Waals surface area contributed by atoms with Crippen molar-refractivity contribution in [1.82, 2.24) is 5.32 Å². The van der Waals surface area contributed by atoms with Gasteiger partial charge in [-0.2, -0.15) is 0 Å². The van der Waals surface area contributed by atoms with Crippen molar-refractivity contribution >= 4 is 21.7 Å². The van der Waals surface area contributed by atoms with Crippen LogP contribution in [0.5, 0.6) is 5.75 Å². The molecule has 1 aliphatic carbocycles. The summed E-state index contributed by atoms with van der Waals surface area (Å²) in [6, 6.07) is 6.05. The largest absolute Gasteiger partial charge is 0.494 e. The molecule has 0 spiro atoms. The number of nitrogens with one attached hydrogen (secondary N) is 1. The van der Waals surface area contributed by atoms with Gasteiger partial charge in [0.25, 0.3) is 0 Å². The number of benzene rings is 1. The van der Waals surface area contributed by atoms with E-state index in [2.05, 4.69) is 5.32 Å². The van der Waals surface area contributed by atoms with Crippen molar-refractivity contribution in [1.29, 1.82) is 0 Å². The number of carboxylic acids is 1. The molecule has 1 aliphatic rings. The first-order chi connectivity index (χ1) is 11.2. The minimum Gasteiger partial charge on any atom is -0.494 e. The summed E-state index contributed by atoms with van der Waals surface area (Å²) in [6.45, 7) is 0.283. The first-order valence-electron chi connectivity index (χ1n) is 7.70. The number of hydrogen-bond donors (Lipinski definition) is 2. The van der Waals surface area contributed by atoms with Gasteiger partial charge in [-0.1, -0.05) is 0 Å². The molecule has 2 N–H and O–H groups in total. The molecule has 0 aromatic heterocycles. The van der Waals surface area contributed by atoms with Crippen LogP contribution < -0.4 is 10.1 Å². The van der Waals surface area contributed by atoms with Crippen LogP contribution in [0.15, 0.2) is 29.2 Å². The second-order valence-corrected chi connectivity index (χ2v) is 8.00. The van der Waals surface area contributed by atoms with Crippen molar-refractivity contribution in [2.24, 2.45) is 0 Å².